The Morgan fingerprint density at radius 1 is 1.12 bits per heavy atom. The van der Waals surface area contributed by atoms with Crippen LogP contribution in [0, 0.1) is 0 Å². The van der Waals surface area contributed by atoms with Gasteiger partial charge in [0.25, 0.3) is 0 Å². The van der Waals surface area contributed by atoms with Crippen LogP contribution in [-0.4, -0.2) is 40.8 Å². The van der Waals surface area contributed by atoms with Crippen LogP contribution < -0.4 is 10.6 Å². The summed E-state index contributed by atoms with van der Waals surface area (Å²) in [6, 6.07) is 6.40. The van der Waals surface area contributed by atoms with Gasteiger partial charge in [0.1, 0.15) is 0 Å². The van der Waals surface area contributed by atoms with Crippen molar-refractivity contribution in [2.45, 2.75) is 24.1 Å². The number of anilines is 2. The molecule has 10 heteroatoms. The van der Waals surface area contributed by atoms with Crippen LogP contribution in [0.1, 0.15) is 30.1 Å². The van der Waals surface area contributed by atoms with Crippen molar-refractivity contribution < 1.29 is 19.1 Å². The van der Waals surface area contributed by atoms with E-state index < -0.39 is 5.97 Å². The Labute approximate surface area is 158 Å². The lowest BCUT2D eigenvalue weighted by atomic mass is 10.2. The number of carbonyl (C=O) groups is 3. The number of methoxy groups -OCH3 is 1. The number of rotatable bonds is 8. The minimum absolute atomic E-state index is 0.103. The van der Waals surface area contributed by atoms with Crippen LogP contribution in [0.2, 0.25) is 0 Å². The zero-order valence-corrected chi connectivity index (χ0v) is 15.9. The number of hydrogen-bond donors (Lipinski definition) is 2. The minimum Gasteiger partial charge on any atom is -0.465 e. The molecule has 2 amide bonds. The third-order valence-corrected chi connectivity index (χ3v) is 5.02. The number of amides is 2. The molecule has 8 nitrogen and oxygen atoms in total. The number of ether oxygens (including phenoxy) is 1. The summed E-state index contributed by atoms with van der Waals surface area (Å²) in [5.41, 5.74) is 0.986. The van der Waals surface area contributed by atoms with E-state index in [0.29, 0.717) is 27.1 Å². The van der Waals surface area contributed by atoms with Gasteiger partial charge >= 0.3 is 5.97 Å². The van der Waals surface area contributed by atoms with Gasteiger partial charge in [-0.05, 0) is 30.7 Å². The Morgan fingerprint density at radius 2 is 1.85 bits per heavy atom. The summed E-state index contributed by atoms with van der Waals surface area (Å²) >= 11 is 2.45. The maximum atomic E-state index is 12.0. The Balaban J connectivity index is 1.81. The van der Waals surface area contributed by atoms with Crippen molar-refractivity contribution in [1.29, 1.82) is 0 Å². The van der Waals surface area contributed by atoms with Crippen LogP contribution in [0.15, 0.2) is 28.6 Å². The van der Waals surface area contributed by atoms with Gasteiger partial charge < -0.3 is 15.4 Å². The van der Waals surface area contributed by atoms with Crippen LogP contribution in [0.4, 0.5) is 10.8 Å². The summed E-state index contributed by atoms with van der Waals surface area (Å²) in [5, 5.41) is 13.6. The second-order valence-electron chi connectivity index (χ2n) is 5.08. The molecule has 2 rings (SSSR count). The van der Waals surface area contributed by atoms with Gasteiger partial charge in [-0.1, -0.05) is 30.0 Å². The van der Waals surface area contributed by atoms with E-state index in [9.17, 15) is 14.4 Å². The maximum absolute atomic E-state index is 12.0. The summed E-state index contributed by atoms with van der Waals surface area (Å²) in [5.74, 6) is -0.603. The van der Waals surface area contributed by atoms with E-state index in [1.807, 2.05) is 6.92 Å². The van der Waals surface area contributed by atoms with Crippen LogP contribution in [0.5, 0.6) is 0 Å². The van der Waals surface area contributed by atoms with Gasteiger partial charge in [-0.2, -0.15) is 0 Å². The molecule has 0 aliphatic heterocycles. The zero-order valence-electron chi connectivity index (χ0n) is 14.3. The molecule has 1 aromatic heterocycles. The first-order valence-corrected chi connectivity index (χ1v) is 9.56. The van der Waals surface area contributed by atoms with Crippen molar-refractivity contribution in [2.75, 3.05) is 23.5 Å². The molecule has 0 fully saturated rings. The number of nitrogens with zero attached hydrogens (tertiary/aromatic N) is 2. The molecule has 2 aromatic rings. The predicted molar refractivity (Wildman–Crippen MR) is 101 cm³/mol. The Bertz CT molecular complexity index is 777. The smallest absolute Gasteiger partial charge is 0.337 e. The molecule has 0 saturated heterocycles. The number of thioether (sulfide) groups is 1. The van der Waals surface area contributed by atoms with E-state index >= 15 is 0 Å². The fourth-order valence-corrected chi connectivity index (χ4v) is 3.43. The summed E-state index contributed by atoms with van der Waals surface area (Å²) < 4.78 is 5.21. The highest BCUT2D eigenvalue weighted by molar-refractivity contribution is 8.01. The highest BCUT2D eigenvalue weighted by Crippen LogP contribution is 2.25. The summed E-state index contributed by atoms with van der Waals surface area (Å²) in [4.78, 5) is 34.9. The predicted octanol–water partition coefficient (Wildman–Crippen LogP) is 2.79. The quantitative estimate of drug-likeness (QED) is 0.402. The van der Waals surface area contributed by atoms with E-state index in [-0.39, 0.29) is 17.6 Å². The van der Waals surface area contributed by atoms with E-state index in [1.54, 1.807) is 24.3 Å². The normalized spacial score (nSPS) is 10.2. The molecular weight excluding hydrogens is 376 g/mol. The lowest BCUT2D eigenvalue weighted by Gasteiger charge is -2.05. The fraction of sp³-hybridized carbons (Fsp3) is 0.312. The van der Waals surface area contributed by atoms with Crippen molar-refractivity contribution in [1.82, 2.24) is 10.2 Å². The Kier molecular flexibility index (Phi) is 7.54. The standard InChI is InChI=1S/C16H18N4O4S2/c1-3-4-12(21)18-15-19-20-16(26-15)25-9-13(22)17-11-7-5-10(6-8-11)14(23)24-2/h5-8H,3-4,9H2,1-2H3,(H,17,22)(H,18,19,21). The van der Waals surface area contributed by atoms with Gasteiger partial charge in [0.05, 0.1) is 18.4 Å². The lowest BCUT2D eigenvalue weighted by molar-refractivity contribution is -0.116. The number of esters is 1. The Morgan fingerprint density at radius 3 is 2.50 bits per heavy atom. The zero-order chi connectivity index (χ0) is 18.9. The van der Waals surface area contributed by atoms with E-state index in [0.717, 1.165) is 6.42 Å². The number of benzene rings is 1. The average molecular weight is 394 g/mol. The maximum Gasteiger partial charge on any atom is 0.337 e. The Hall–Kier alpha value is -2.46. The fourth-order valence-electron chi connectivity index (χ4n) is 1.86. The third kappa shape index (κ3) is 6.12. The van der Waals surface area contributed by atoms with Crippen LogP contribution in [-0.2, 0) is 14.3 Å². The molecule has 0 aliphatic rings. The van der Waals surface area contributed by atoms with E-state index in [4.69, 9.17) is 0 Å². The van der Waals surface area contributed by atoms with Crippen molar-refractivity contribution >= 4 is 51.7 Å². The summed E-state index contributed by atoms with van der Waals surface area (Å²) in [6.07, 6.45) is 1.19. The molecular formula is C16H18N4O4S2. The molecule has 2 N–H and O–H groups in total. The van der Waals surface area contributed by atoms with Crippen molar-refractivity contribution in [2.24, 2.45) is 0 Å². The molecule has 0 saturated carbocycles. The minimum atomic E-state index is -0.434. The molecule has 0 aliphatic carbocycles. The highest BCUT2D eigenvalue weighted by Gasteiger charge is 2.11. The topological polar surface area (TPSA) is 110 Å². The van der Waals surface area contributed by atoms with Crippen molar-refractivity contribution in [3.8, 4) is 0 Å². The van der Waals surface area contributed by atoms with Gasteiger partial charge in [-0.15, -0.1) is 10.2 Å². The second kappa shape index (κ2) is 9.88. The number of aromatic nitrogens is 2. The average Bonchev–Trinajstić information content (AvgIpc) is 3.07. The molecule has 0 bridgehead atoms. The molecule has 1 aromatic carbocycles. The van der Waals surface area contributed by atoms with Crippen LogP contribution >= 0.6 is 23.1 Å². The summed E-state index contributed by atoms with van der Waals surface area (Å²) in [7, 11) is 1.31. The van der Waals surface area contributed by atoms with E-state index in [2.05, 4.69) is 25.6 Å². The van der Waals surface area contributed by atoms with Gasteiger partial charge in [-0.25, -0.2) is 4.79 Å². The van der Waals surface area contributed by atoms with Gasteiger partial charge in [-0.3, -0.25) is 9.59 Å². The van der Waals surface area contributed by atoms with Crippen molar-refractivity contribution in [3.05, 3.63) is 29.8 Å². The molecule has 1 heterocycles. The molecule has 138 valence electrons. The highest BCUT2D eigenvalue weighted by atomic mass is 32.2. The lowest BCUT2D eigenvalue weighted by Crippen LogP contribution is -2.14. The SMILES string of the molecule is CCCC(=O)Nc1nnc(SCC(=O)Nc2ccc(C(=O)OC)cc2)s1. The third-order valence-electron chi connectivity index (χ3n) is 3.05. The molecule has 26 heavy (non-hydrogen) atoms. The first kappa shape index (κ1) is 19.9. The summed E-state index contributed by atoms with van der Waals surface area (Å²) in [6.45, 7) is 1.92. The van der Waals surface area contributed by atoms with Crippen molar-refractivity contribution in [3.63, 3.8) is 0 Å². The van der Waals surface area contributed by atoms with Gasteiger partial charge in [0, 0.05) is 12.1 Å². The number of nitrogens with one attached hydrogen (secondary N) is 2. The first-order chi connectivity index (χ1) is 12.5. The molecule has 0 radical (unpaired) electrons. The van der Waals surface area contributed by atoms with Gasteiger partial charge in [0.15, 0.2) is 4.34 Å². The number of carbonyl (C=O) groups excluding carboxylic acids is 3. The molecule has 0 spiro atoms. The second-order valence-corrected chi connectivity index (χ2v) is 7.28. The largest absolute Gasteiger partial charge is 0.465 e. The molecule has 0 unspecified atom stereocenters. The van der Waals surface area contributed by atoms with E-state index in [1.165, 1.54) is 30.2 Å². The number of hydrogen-bond acceptors (Lipinski definition) is 8. The van der Waals surface area contributed by atoms with Crippen LogP contribution in [0.3, 0.4) is 0 Å². The monoisotopic (exact) mass is 394 g/mol. The molecule has 0 atom stereocenters. The van der Waals surface area contributed by atoms with Crippen LogP contribution in [0.25, 0.3) is 0 Å². The van der Waals surface area contributed by atoms with Gasteiger partial charge in [0.2, 0.25) is 16.9 Å². The first-order valence-electron chi connectivity index (χ1n) is 7.76.